The molecule has 3 heterocycles. The van der Waals surface area contributed by atoms with Crippen LogP contribution in [0, 0.1) is 0 Å². The topological polar surface area (TPSA) is 84.7 Å². The predicted octanol–water partition coefficient (Wildman–Crippen LogP) is 2.52. The van der Waals surface area contributed by atoms with Gasteiger partial charge < -0.3 is 10.6 Å². The van der Waals surface area contributed by atoms with Crippen LogP contribution in [0.5, 0.6) is 0 Å². The minimum Gasteiger partial charge on any atom is -0.347 e. The first-order valence-corrected chi connectivity index (χ1v) is 9.40. The van der Waals surface area contributed by atoms with Gasteiger partial charge in [0.05, 0.1) is 18.3 Å². The number of aromatic nitrogens is 4. The third-order valence-corrected chi connectivity index (χ3v) is 4.95. The fraction of sp³-hybridized carbons (Fsp3) is 0.300. The molecule has 0 spiro atoms. The van der Waals surface area contributed by atoms with Crippen molar-refractivity contribution in [2.45, 2.75) is 31.2 Å². The number of carbonyl (C=O) groups excluding carboxylic acids is 1. The van der Waals surface area contributed by atoms with Gasteiger partial charge in [0.1, 0.15) is 5.69 Å². The van der Waals surface area contributed by atoms with Crippen LogP contribution < -0.4 is 10.6 Å². The molecule has 7 nitrogen and oxygen atoms in total. The number of rotatable bonds is 5. The van der Waals surface area contributed by atoms with Crippen molar-refractivity contribution in [2.75, 3.05) is 6.54 Å². The lowest BCUT2D eigenvalue weighted by molar-refractivity contribution is -0.137. The number of nitrogens with zero attached hydrogens (tertiary/aromatic N) is 4. The summed E-state index contributed by atoms with van der Waals surface area (Å²) in [4.78, 5) is 16.7. The van der Waals surface area contributed by atoms with Gasteiger partial charge >= 0.3 is 6.18 Å². The van der Waals surface area contributed by atoms with E-state index in [0.29, 0.717) is 24.2 Å². The molecule has 1 saturated heterocycles. The normalized spacial score (nSPS) is 19.0. The second-order valence-corrected chi connectivity index (χ2v) is 7.14. The molecule has 0 radical (unpaired) electrons. The van der Waals surface area contributed by atoms with Gasteiger partial charge in [-0.15, -0.1) is 5.10 Å². The molecule has 1 aliphatic heterocycles. The minimum atomic E-state index is -4.43. The SMILES string of the molecule is O=C(N[C@H]1CN[C@H](Cn2ccnn2)C1)c1cc(-c2cccc(C(F)(F)F)c2)ccn1. The van der Waals surface area contributed by atoms with Gasteiger partial charge in [0, 0.05) is 31.0 Å². The van der Waals surface area contributed by atoms with Crippen molar-refractivity contribution in [2.24, 2.45) is 0 Å². The van der Waals surface area contributed by atoms with E-state index in [0.717, 1.165) is 18.6 Å². The molecule has 2 atom stereocenters. The van der Waals surface area contributed by atoms with Crippen LogP contribution in [0.15, 0.2) is 55.0 Å². The van der Waals surface area contributed by atoms with Crippen molar-refractivity contribution in [3.8, 4) is 11.1 Å². The number of hydrogen-bond donors (Lipinski definition) is 2. The molecule has 1 amide bonds. The smallest absolute Gasteiger partial charge is 0.347 e. The zero-order valence-electron chi connectivity index (χ0n) is 15.8. The molecule has 0 saturated carbocycles. The van der Waals surface area contributed by atoms with Gasteiger partial charge in [-0.25, -0.2) is 0 Å². The molecule has 0 aliphatic carbocycles. The van der Waals surface area contributed by atoms with E-state index in [1.54, 1.807) is 29.2 Å². The Morgan fingerprint density at radius 2 is 2.03 bits per heavy atom. The summed E-state index contributed by atoms with van der Waals surface area (Å²) in [6.45, 7) is 1.26. The Hall–Kier alpha value is -3.27. The highest BCUT2D eigenvalue weighted by Gasteiger charge is 2.30. The number of carbonyl (C=O) groups is 1. The molecular formula is C20H19F3N6O. The summed E-state index contributed by atoms with van der Waals surface area (Å²) < 4.78 is 40.7. The van der Waals surface area contributed by atoms with E-state index in [-0.39, 0.29) is 23.7 Å². The third-order valence-electron chi connectivity index (χ3n) is 4.95. The Morgan fingerprint density at radius 3 is 2.80 bits per heavy atom. The summed E-state index contributed by atoms with van der Waals surface area (Å²) >= 11 is 0. The number of pyridine rings is 1. The summed E-state index contributed by atoms with van der Waals surface area (Å²) in [5, 5.41) is 14.0. The first kappa shape index (κ1) is 20.0. The maximum atomic E-state index is 13.0. The Balaban J connectivity index is 1.42. The Kier molecular flexibility index (Phi) is 5.49. The van der Waals surface area contributed by atoms with E-state index in [1.807, 2.05) is 0 Å². The third kappa shape index (κ3) is 4.65. The van der Waals surface area contributed by atoms with Crippen LogP contribution in [0.4, 0.5) is 13.2 Å². The van der Waals surface area contributed by atoms with E-state index < -0.39 is 11.7 Å². The van der Waals surface area contributed by atoms with Crippen molar-refractivity contribution in [3.05, 3.63) is 66.2 Å². The summed E-state index contributed by atoms with van der Waals surface area (Å²) in [5.74, 6) is -0.364. The average molecular weight is 416 g/mol. The molecule has 2 N–H and O–H groups in total. The van der Waals surface area contributed by atoms with Crippen molar-refractivity contribution in [1.29, 1.82) is 0 Å². The first-order chi connectivity index (χ1) is 14.4. The maximum Gasteiger partial charge on any atom is 0.416 e. The van der Waals surface area contributed by atoms with Crippen LogP contribution in [0.25, 0.3) is 11.1 Å². The molecule has 4 rings (SSSR count). The van der Waals surface area contributed by atoms with Crippen LogP contribution in [0.2, 0.25) is 0 Å². The van der Waals surface area contributed by atoms with Crippen molar-refractivity contribution >= 4 is 5.91 Å². The second kappa shape index (κ2) is 8.23. The second-order valence-electron chi connectivity index (χ2n) is 7.14. The van der Waals surface area contributed by atoms with E-state index >= 15 is 0 Å². The number of alkyl halides is 3. The Morgan fingerprint density at radius 1 is 1.20 bits per heavy atom. The summed E-state index contributed by atoms with van der Waals surface area (Å²) in [6, 6.07) is 8.15. The van der Waals surface area contributed by atoms with Gasteiger partial charge in [0.25, 0.3) is 5.91 Å². The van der Waals surface area contributed by atoms with Crippen LogP contribution in [-0.2, 0) is 12.7 Å². The molecule has 156 valence electrons. The fourth-order valence-corrected chi connectivity index (χ4v) is 3.49. The monoisotopic (exact) mass is 416 g/mol. The molecule has 1 aliphatic rings. The number of nitrogens with one attached hydrogen (secondary N) is 2. The Bertz CT molecular complexity index is 1020. The zero-order chi connectivity index (χ0) is 21.1. The number of benzene rings is 1. The Labute approximate surface area is 170 Å². The van der Waals surface area contributed by atoms with Crippen molar-refractivity contribution in [1.82, 2.24) is 30.6 Å². The van der Waals surface area contributed by atoms with Crippen molar-refractivity contribution < 1.29 is 18.0 Å². The molecule has 2 aromatic heterocycles. The molecule has 1 fully saturated rings. The highest BCUT2D eigenvalue weighted by atomic mass is 19.4. The average Bonchev–Trinajstić information content (AvgIpc) is 3.40. The minimum absolute atomic E-state index is 0.0787. The summed E-state index contributed by atoms with van der Waals surface area (Å²) in [5.41, 5.74) is 0.287. The van der Waals surface area contributed by atoms with Crippen LogP contribution in [0.1, 0.15) is 22.5 Å². The van der Waals surface area contributed by atoms with Gasteiger partial charge in [-0.05, 0) is 41.8 Å². The standard InChI is InChI=1S/C20H19F3N6O/c21-20(22,23)15-3-1-2-13(8-15)14-4-5-24-18(9-14)19(30)27-16-10-17(25-11-16)12-29-7-6-26-28-29/h1-9,16-17,25H,10-12H2,(H,27,30)/t16-,17+/m1/s1. The number of hydrogen-bond acceptors (Lipinski definition) is 5. The highest BCUT2D eigenvalue weighted by molar-refractivity contribution is 5.93. The lowest BCUT2D eigenvalue weighted by atomic mass is 10.0. The van der Waals surface area contributed by atoms with Gasteiger partial charge in [-0.2, -0.15) is 13.2 Å². The molecule has 30 heavy (non-hydrogen) atoms. The van der Waals surface area contributed by atoms with Crippen LogP contribution in [0.3, 0.4) is 0 Å². The van der Waals surface area contributed by atoms with Gasteiger partial charge in [0.2, 0.25) is 0 Å². The molecule has 0 unspecified atom stereocenters. The zero-order valence-corrected chi connectivity index (χ0v) is 15.8. The number of amides is 1. The lowest BCUT2D eigenvalue weighted by Gasteiger charge is -2.13. The lowest BCUT2D eigenvalue weighted by Crippen LogP contribution is -2.36. The first-order valence-electron chi connectivity index (χ1n) is 9.40. The van der Waals surface area contributed by atoms with Crippen LogP contribution in [-0.4, -0.2) is 44.5 Å². The maximum absolute atomic E-state index is 13.0. The quantitative estimate of drug-likeness (QED) is 0.668. The van der Waals surface area contributed by atoms with Gasteiger partial charge in [-0.3, -0.25) is 14.5 Å². The summed E-state index contributed by atoms with van der Waals surface area (Å²) in [7, 11) is 0. The van der Waals surface area contributed by atoms with Crippen molar-refractivity contribution in [3.63, 3.8) is 0 Å². The highest BCUT2D eigenvalue weighted by Crippen LogP contribution is 2.32. The van der Waals surface area contributed by atoms with Gasteiger partial charge in [-0.1, -0.05) is 17.3 Å². The van der Waals surface area contributed by atoms with E-state index in [4.69, 9.17) is 0 Å². The largest absolute Gasteiger partial charge is 0.416 e. The van der Waals surface area contributed by atoms with Gasteiger partial charge in [0.15, 0.2) is 0 Å². The number of halogens is 3. The van der Waals surface area contributed by atoms with E-state index in [1.165, 1.54) is 18.3 Å². The van der Waals surface area contributed by atoms with E-state index in [9.17, 15) is 18.0 Å². The molecule has 10 heteroatoms. The summed E-state index contributed by atoms with van der Waals surface area (Å²) in [6.07, 6.45) is 1.10. The van der Waals surface area contributed by atoms with Crippen LogP contribution >= 0.6 is 0 Å². The molecule has 1 aromatic carbocycles. The molecule has 3 aromatic rings. The van der Waals surface area contributed by atoms with E-state index in [2.05, 4.69) is 25.9 Å². The molecule has 0 bridgehead atoms. The fourth-order valence-electron chi connectivity index (χ4n) is 3.49. The predicted molar refractivity (Wildman–Crippen MR) is 102 cm³/mol. The molecular weight excluding hydrogens is 397 g/mol.